The highest BCUT2D eigenvalue weighted by Gasteiger charge is 2.27. The molecule has 0 unspecified atom stereocenters. The average Bonchev–Trinajstić information content (AvgIpc) is 3.40. The predicted molar refractivity (Wildman–Crippen MR) is 113 cm³/mol. The molecule has 31 heavy (non-hydrogen) atoms. The molecule has 162 valence electrons. The highest BCUT2D eigenvalue weighted by Crippen LogP contribution is 2.31. The van der Waals surface area contributed by atoms with E-state index in [4.69, 9.17) is 9.26 Å². The minimum atomic E-state index is -3.78. The van der Waals surface area contributed by atoms with Gasteiger partial charge in [-0.15, -0.1) is 0 Å². The minimum Gasteiger partial charge on any atom is -0.497 e. The maximum absolute atomic E-state index is 13.0. The summed E-state index contributed by atoms with van der Waals surface area (Å²) in [6.45, 7) is 1.99. The molecule has 0 spiro atoms. The van der Waals surface area contributed by atoms with Crippen LogP contribution in [-0.4, -0.2) is 49.5 Å². The molecule has 2 heterocycles. The van der Waals surface area contributed by atoms with E-state index < -0.39 is 10.0 Å². The van der Waals surface area contributed by atoms with E-state index in [0.717, 1.165) is 21.1 Å². The fourth-order valence-corrected chi connectivity index (χ4v) is 4.67. The molecule has 3 aromatic rings. The lowest BCUT2D eigenvalue weighted by atomic mass is 10.2. The Hall–Kier alpha value is -3.24. The van der Waals surface area contributed by atoms with Crippen molar-refractivity contribution in [2.24, 2.45) is 0 Å². The van der Waals surface area contributed by atoms with Gasteiger partial charge in [-0.3, -0.25) is 4.79 Å². The van der Waals surface area contributed by atoms with E-state index in [1.807, 2.05) is 0 Å². The van der Waals surface area contributed by atoms with E-state index in [2.05, 4.69) is 10.1 Å². The van der Waals surface area contributed by atoms with Gasteiger partial charge in [0.2, 0.25) is 27.6 Å². The van der Waals surface area contributed by atoms with Crippen LogP contribution in [-0.2, 0) is 27.8 Å². The Morgan fingerprint density at radius 1 is 1.23 bits per heavy atom. The zero-order valence-electron chi connectivity index (χ0n) is 17.4. The number of carbonyl (C=O) groups excluding carboxylic acids is 1. The van der Waals surface area contributed by atoms with E-state index in [0.29, 0.717) is 24.5 Å². The highest BCUT2D eigenvalue weighted by molar-refractivity contribution is 7.89. The van der Waals surface area contributed by atoms with Crippen LogP contribution < -0.4 is 9.64 Å². The molecule has 0 saturated carbocycles. The van der Waals surface area contributed by atoms with Gasteiger partial charge < -0.3 is 14.2 Å². The maximum atomic E-state index is 13.0. The molecule has 0 N–H and O–H groups in total. The van der Waals surface area contributed by atoms with Gasteiger partial charge in [0, 0.05) is 31.8 Å². The quantitative estimate of drug-likeness (QED) is 0.577. The second kappa shape index (κ2) is 8.12. The van der Waals surface area contributed by atoms with Gasteiger partial charge in [0.25, 0.3) is 0 Å². The van der Waals surface area contributed by atoms with Crippen molar-refractivity contribution >= 4 is 21.6 Å². The predicted octanol–water partition coefficient (Wildman–Crippen LogP) is 2.47. The number of ether oxygens (including phenoxy) is 1. The van der Waals surface area contributed by atoms with Crippen molar-refractivity contribution in [3.8, 4) is 17.1 Å². The van der Waals surface area contributed by atoms with Crippen LogP contribution in [0.4, 0.5) is 5.69 Å². The summed E-state index contributed by atoms with van der Waals surface area (Å²) in [6.07, 6.45) is 0.622. The van der Waals surface area contributed by atoms with Crippen LogP contribution in [0, 0.1) is 0 Å². The lowest BCUT2D eigenvalue weighted by Gasteiger charge is -2.17. The fraction of sp³-hybridized carbons (Fsp3) is 0.286. The van der Waals surface area contributed by atoms with Crippen LogP contribution in [0.15, 0.2) is 51.9 Å². The number of hydrogen-bond donors (Lipinski definition) is 0. The number of amides is 1. The molecule has 0 atom stereocenters. The normalized spacial score (nSPS) is 13.5. The largest absolute Gasteiger partial charge is 0.497 e. The van der Waals surface area contributed by atoms with Gasteiger partial charge in [-0.2, -0.15) is 9.29 Å². The van der Waals surface area contributed by atoms with E-state index >= 15 is 0 Å². The van der Waals surface area contributed by atoms with Crippen molar-refractivity contribution in [1.82, 2.24) is 14.4 Å². The molecule has 4 rings (SSSR count). The van der Waals surface area contributed by atoms with E-state index in [1.165, 1.54) is 20.0 Å². The maximum Gasteiger partial charge on any atom is 0.243 e. The molecule has 0 bridgehead atoms. The Morgan fingerprint density at radius 3 is 2.65 bits per heavy atom. The summed E-state index contributed by atoms with van der Waals surface area (Å²) in [7, 11) is -0.734. The SMILES string of the molecule is COc1ccc(-c2noc(CN(C)S(=O)(=O)c3ccc4c(c3)CCN4C(C)=O)n2)cc1. The van der Waals surface area contributed by atoms with Crippen LogP contribution in [0.2, 0.25) is 0 Å². The number of benzene rings is 2. The van der Waals surface area contributed by atoms with Crippen molar-refractivity contribution in [3.63, 3.8) is 0 Å². The topological polar surface area (TPSA) is 106 Å². The van der Waals surface area contributed by atoms with Gasteiger partial charge in [-0.25, -0.2) is 8.42 Å². The zero-order valence-corrected chi connectivity index (χ0v) is 18.2. The molecule has 1 amide bonds. The highest BCUT2D eigenvalue weighted by atomic mass is 32.2. The average molecular weight is 442 g/mol. The molecule has 0 radical (unpaired) electrons. The second-order valence-corrected chi connectivity index (χ2v) is 9.26. The molecule has 10 heteroatoms. The summed E-state index contributed by atoms with van der Waals surface area (Å²) in [5.74, 6) is 1.20. The number of nitrogens with zero attached hydrogens (tertiary/aromatic N) is 4. The Balaban J connectivity index is 1.51. The first-order valence-electron chi connectivity index (χ1n) is 9.64. The van der Waals surface area contributed by atoms with E-state index in [1.54, 1.807) is 48.4 Å². The first-order chi connectivity index (χ1) is 14.8. The Morgan fingerprint density at radius 2 is 1.97 bits per heavy atom. The molecule has 1 aromatic heterocycles. The molecular formula is C21H22N4O5S. The lowest BCUT2D eigenvalue weighted by Crippen LogP contribution is -2.27. The zero-order chi connectivity index (χ0) is 22.2. The number of methoxy groups -OCH3 is 1. The number of anilines is 1. The van der Waals surface area contributed by atoms with Gasteiger partial charge in [0.15, 0.2) is 0 Å². The van der Waals surface area contributed by atoms with Crippen LogP contribution in [0.25, 0.3) is 11.4 Å². The van der Waals surface area contributed by atoms with Crippen molar-refractivity contribution in [2.45, 2.75) is 24.8 Å². The first kappa shape index (κ1) is 21.0. The summed E-state index contributed by atoms with van der Waals surface area (Å²) < 4.78 is 37.6. The fourth-order valence-electron chi connectivity index (χ4n) is 3.50. The van der Waals surface area contributed by atoms with Gasteiger partial charge in [-0.05, 0) is 54.4 Å². The summed E-state index contributed by atoms with van der Waals surface area (Å²) in [4.78, 5) is 17.8. The second-order valence-electron chi connectivity index (χ2n) is 7.21. The molecular weight excluding hydrogens is 420 g/mol. The third kappa shape index (κ3) is 4.04. The van der Waals surface area contributed by atoms with Crippen LogP contribution in [0.3, 0.4) is 0 Å². The number of sulfonamides is 1. The van der Waals surface area contributed by atoms with Gasteiger partial charge in [-0.1, -0.05) is 5.16 Å². The number of carbonyl (C=O) groups is 1. The Bertz CT molecular complexity index is 1220. The number of aromatic nitrogens is 2. The van der Waals surface area contributed by atoms with E-state index in [9.17, 15) is 13.2 Å². The summed E-state index contributed by atoms with van der Waals surface area (Å²) in [6, 6.07) is 12.0. The summed E-state index contributed by atoms with van der Waals surface area (Å²) >= 11 is 0. The number of rotatable bonds is 6. The molecule has 1 aliphatic heterocycles. The van der Waals surface area contributed by atoms with Gasteiger partial charge in [0.1, 0.15) is 5.75 Å². The van der Waals surface area contributed by atoms with Crippen LogP contribution in [0.5, 0.6) is 5.75 Å². The monoisotopic (exact) mass is 442 g/mol. The lowest BCUT2D eigenvalue weighted by molar-refractivity contribution is -0.116. The molecule has 9 nitrogen and oxygen atoms in total. The minimum absolute atomic E-state index is 0.0597. The van der Waals surface area contributed by atoms with Crippen molar-refractivity contribution in [3.05, 3.63) is 53.9 Å². The number of fused-ring (bicyclic) bond motifs is 1. The third-order valence-electron chi connectivity index (χ3n) is 5.21. The molecule has 0 fully saturated rings. The van der Waals surface area contributed by atoms with Crippen molar-refractivity contribution in [2.75, 3.05) is 25.6 Å². The molecule has 0 aliphatic carbocycles. The molecule has 2 aromatic carbocycles. The summed E-state index contributed by atoms with van der Waals surface area (Å²) in [5.41, 5.74) is 2.33. The van der Waals surface area contributed by atoms with Crippen molar-refractivity contribution < 1.29 is 22.5 Å². The van der Waals surface area contributed by atoms with Crippen LogP contribution in [0.1, 0.15) is 18.4 Å². The number of hydrogen-bond acceptors (Lipinski definition) is 7. The smallest absolute Gasteiger partial charge is 0.243 e. The van der Waals surface area contributed by atoms with Gasteiger partial charge in [0.05, 0.1) is 18.6 Å². The summed E-state index contributed by atoms with van der Waals surface area (Å²) in [5, 5.41) is 3.94. The van der Waals surface area contributed by atoms with E-state index in [-0.39, 0.29) is 23.2 Å². The van der Waals surface area contributed by atoms with Crippen molar-refractivity contribution in [1.29, 1.82) is 0 Å². The van der Waals surface area contributed by atoms with Crippen LogP contribution >= 0.6 is 0 Å². The molecule has 1 aliphatic rings. The van der Waals surface area contributed by atoms with Gasteiger partial charge >= 0.3 is 0 Å². The first-order valence-corrected chi connectivity index (χ1v) is 11.1. The Kier molecular flexibility index (Phi) is 5.50. The Labute approximate surface area is 180 Å². The third-order valence-corrected chi connectivity index (χ3v) is 7.01. The molecule has 0 saturated heterocycles. The standard InChI is InChI=1S/C21H22N4O5S/c1-14(26)25-11-10-16-12-18(8-9-19(16)25)31(27,28)24(2)13-20-22-21(23-30-20)15-4-6-17(29-3)7-5-15/h4-9,12H,10-11,13H2,1-3H3.